The molecule has 0 atom stereocenters. The molecule has 3 rings (SSSR count). The van der Waals surface area contributed by atoms with Crippen molar-refractivity contribution in [2.75, 3.05) is 57.3 Å². The fraction of sp³-hybridized carbons (Fsp3) is 0.625. The van der Waals surface area contributed by atoms with Gasteiger partial charge >= 0.3 is 6.09 Å². The Hall–Kier alpha value is -2.23. The van der Waals surface area contributed by atoms with E-state index < -0.39 is 5.60 Å². The molecule has 0 saturated carbocycles. The number of nitrogens with one attached hydrogen (secondary N) is 1. The Bertz CT molecular complexity index is 808. The van der Waals surface area contributed by atoms with E-state index in [9.17, 15) is 4.79 Å². The molecule has 6 heteroatoms. The van der Waals surface area contributed by atoms with Crippen LogP contribution in [-0.4, -0.2) is 73.9 Å². The highest BCUT2D eigenvalue weighted by atomic mass is 16.6. The fourth-order valence-corrected chi connectivity index (χ4v) is 4.29. The first-order valence-electron chi connectivity index (χ1n) is 10.9. The topological polar surface area (TPSA) is 48.0 Å². The molecule has 30 heavy (non-hydrogen) atoms. The summed E-state index contributed by atoms with van der Waals surface area (Å²) >= 11 is 0. The van der Waals surface area contributed by atoms with Gasteiger partial charge in [0, 0.05) is 70.2 Å². The number of carbonyl (C=O) groups is 1. The molecule has 2 aliphatic heterocycles. The highest BCUT2D eigenvalue weighted by Crippen LogP contribution is 2.32. The van der Waals surface area contributed by atoms with Crippen LogP contribution in [0.1, 0.15) is 43.0 Å². The van der Waals surface area contributed by atoms with Gasteiger partial charge in [0.1, 0.15) is 5.60 Å². The lowest BCUT2D eigenvalue weighted by Gasteiger charge is -2.38. The first kappa shape index (κ1) is 22.5. The molecule has 2 heterocycles. The molecule has 1 amide bonds. The molecule has 2 aliphatic rings. The summed E-state index contributed by atoms with van der Waals surface area (Å²) in [6.45, 7) is 18.0. The monoisotopic (exact) mass is 412 g/mol. The maximum atomic E-state index is 12.4. The number of ether oxygens (including phenoxy) is 1. The van der Waals surface area contributed by atoms with Crippen LogP contribution in [0.5, 0.6) is 0 Å². The second-order valence-corrected chi connectivity index (χ2v) is 9.31. The average molecular weight is 413 g/mol. The number of nitrogens with zero attached hydrogens (tertiary/aromatic N) is 3. The van der Waals surface area contributed by atoms with Crippen LogP contribution in [0.3, 0.4) is 0 Å². The highest BCUT2D eigenvalue weighted by molar-refractivity contribution is 5.70. The van der Waals surface area contributed by atoms with Crippen LogP contribution in [0.25, 0.3) is 0 Å². The Labute approximate surface area is 181 Å². The maximum absolute atomic E-state index is 12.4. The van der Waals surface area contributed by atoms with Crippen molar-refractivity contribution >= 4 is 11.8 Å². The Kier molecular flexibility index (Phi) is 6.95. The molecule has 2 fully saturated rings. The smallest absolute Gasteiger partial charge is 0.410 e. The summed E-state index contributed by atoms with van der Waals surface area (Å²) in [6.07, 6.45) is 5.63. The van der Waals surface area contributed by atoms with Crippen LogP contribution in [0.15, 0.2) is 6.07 Å². The molecule has 6 nitrogen and oxygen atoms in total. The van der Waals surface area contributed by atoms with Crippen LogP contribution in [0.2, 0.25) is 0 Å². The second-order valence-electron chi connectivity index (χ2n) is 9.31. The van der Waals surface area contributed by atoms with Gasteiger partial charge in [0.15, 0.2) is 0 Å². The van der Waals surface area contributed by atoms with Crippen LogP contribution in [0, 0.1) is 26.2 Å². The van der Waals surface area contributed by atoms with Crippen molar-refractivity contribution in [1.82, 2.24) is 15.1 Å². The zero-order valence-electron chi connectivity index (χ0n) is 19.2. The van der Waals surface area contributed by atoms with Crippen LogP contribution >= 0.6 is 0 Å². The number of hydrogen-bond donors (Lipinski definition) is 1. The average Bonchev–Trinajstić information content (AvgIpc) is 2.70. The van der Waals surface area contributed by atoms with E-state index in [0.717, 1.165) is 56.9 Å². The quantitative estimate of drug-likeness (QED) is 0.774. The fourth-order valence-electron chi connectivity index (χ4n) is 4.29. The lowest BCUT2D eigenvalue weighted by Crippen LogP contribution is -2.50. The summed E-state index contributed by atoms with van der Waals surface area (Å²) in [5.41, 5.74) is 5.50. The highest BCUT2D eigenvalue weighted by Gasteiger charge is 2.28. The standard InChI is InChI=1S/C24H36N4O2/c1-7-20-16-21(17-26-10-8-25-9-11-26)19(3)22(18(20)2)27-12-14-28(15-13-27)23(29)30-24(4,5)6/h1,16,25H,8-15,17H2,2-6H3. The molecule has 0 aromatic heterocycles. The maximum Gasteiger partial charge on any atom is 0.410 e. The van der Waals surface area contributed by atoms with Crippen LogP contribution in [0.4, 0.5) is 10.5 Å². The van der Waals surface area contributed by atoms with Crippen molar-refractivity contribution < 1.29 is 9.53 Å². The predicted octanol–water partition coefficient (Wildman–Crippen LogP) is 2.75. The molecule has 0 unspecified atom stereocenters. The zero-order valence-corrected chi connectivity index (χ0v) is 19.2. The lowest BCUT2D eigenvalue weighted by molar-refractivity contribution is 0.0240. The first-order chi connectivity index (χ1) is 14.2. The Morgan fingerprint density at radius 2 is 1.73 bits per heavy atom. The molecule has 0 bridgehead atoms. The van der Waals surface area contributed by atoms with Crippen molar-refractivity contribution in [2.45, 2.75) is 46.8 Å². The Morgan fingerprint density at radius 3 is 2.30 bits per heavy atom. The summed E-state index contributed by atoms with van der Waals surface area (Å²) in [6, 6.07) is 2.19. The lowest BCUT2D eigenvalue weighted by atomic mass is 9.95. The van der Waals surface area contributed by atoms with E-state index in [1.54, 1.807) is 4.90 Å². The second kappa shape index (κ2) is 9.28. The molecule has 1 aromatic carbocycles. The van der Waals surface area contributed by atoms with Gasteiger partial charge in [-0.15, -0.1) is 6.42 Å². The molecule has 1 aromatic rings. The van der Waals surface area contributed by atoms with Gasteiger partial charge in [-0.1, -0.05) is 5.92 Å². The summed E-state index contributed by atoms with van der Waals surface area (Å²) in [7, 11) is 0. The third kappa shape index (κ3) is 5.27. The van der Waals surface area contributed by atoms with Crippen molar-refractivity contribution in [2.24, 2.45) is 0 Å². The normalized spacial score (nSPS) is 18.3. The van der Waals surface area contributed by atoms with E-state index in [1.807, 2.05) is 20.8 Å². The number of benzene rings is 1. The summed E-state index contributed by atoms with van der Waals surface area (Å²) < 4.78 is 5.54. The van der Waals surface area contributed by atoms with Crippen molar-refractivity contribution in [3.63, 3.8) is 0 Å². The number of hydrogen-bond acceptors (Lipinski definition) is 5. The van der Waals surface area contributed by atoms with Gasteiger partial charge < -0.3 is 19.9 Å². The van der Waals surface area contributed by atoms with Gasteiger partial charge in [0.2, 0.25) is 0 Å². The third-order valence-electron chi connectivity index (χ3n) is 5.92. The van der Waals surface area contributed by atoms with Gasteiger partial charge in [-0.2, -0.15) is 0 Å². The predicted molar refractivity (Wildman–Crippen MR) is 122 cm³/mol. The van der Waals surface area contributed by atoms with Gasteiger partial charge in [0.05, 0.1) is 0 Å². The third-order valence-corrected chi connectivity index (χ3v) is 5.92. The van der Waals surface area contributed by atoms with Crippen molar-refractivity contribution in [3.05, 3.63) is 28.3 Å². The largest absolute Gasteiger partial charge is 0.444 e. The van der Waals surface area contributed by atoms with Crippen LogP contribution in [-0.2, 0) is 11.3 Å². The summed E-state index contributed by atoms with van der Waals surface area (Å²) in [5.74, 6) is 2.89. The number of carbonyl (C=O) groups excluding carboxylic acids is 1. The molecule has 1 N–H and O–H groups in total. The minimum absolute atomic E-state index is 0.229. The van der Waals surface area contributed by atoms with Crippen molar-refractivity contribution in [1.29, 1.82) is 0 Å². The minimum Gasteiger partial charge on any atom is -0.444 e. The first-order valence-corrected chi connectivity index (χ1v) is 10.9. The van der Waals surface area contributed by atoms with E-state index in [4.69, 9.17) is 11.2 Å². The molecular weight excluding hydrogens is 376 g/mol. The van der Waals surface area contributed by atoms with E-state index in [2.05, 4.69) is 41.0 Å². The molecular formula is C24H36N4O2. The molecule has 164 valence electrons. The molecule has 0 spiro atoms. The van der Waals surface area contributed by atoms with E-state index in [0.29, 0.717) is 13.1 Å². The summed E-state index contributed by atoms with van der Waals surface area (Å²) in [4.78, 5) is 19.1. The number of anilines is 1. The Balaban J connectivity index is 1.77. The molecule has 2 saturated heterocycles. The number of piperazine rings is 2. The molecule has 0 radical (unpaired) electrons. The van der Waals surface area contributed by atoms with Gasteiger partial charge in [0.25, 0.3) is 0 Å². The number of amides is 1. The zero-order chi connectivity index (χ0) is 21.9. The van der Waals surface area contributed by atoms with Crippen LogP contribution < -0.4 is 10.2 Å². The van der Waals surface area contributed by atoms with E-state index in [-0.39, 0.29) is 6.09 Å². The number of rotatable bonds is 3. The number of terminal acetylenes is 1. The van der Waals surface area contributed by atoms with E-state index >= 15 is 0 Å². The van der Waals surface area contributed by atoms with Crippen molar-refractivity contribution in [3.8, 4) is 12.3 Å². The van der Waals surface area contributed by atoms with Gasteiger partial charge in [-0.3, -0.25) is 4.90 Å². The SMILES string of the molecule is C#Cc1cc(CN2CCNCC2)c(C)c(N2CCN(C(=O)OC(C)(C)C)CC2)c1C. The minimum atomic E-state index is -0.471. The van der Waals surface area contributed by atoms with E-state index in [1.165, 1.54) is 16.8 Å². The summed E-state index contributed by atoms with van der Waals surface area (Å²) in [5, 5.41) is 3.41. The van der Waals surface area contributed by atoms with Gasteiger partial charge in [-0.05, 0) is 57.4 Å². The molecule has 0 aliphatic carbocycles. The Morgan fingerprint density at radius 1 is 1.10 bits per heavy atom. The van der Waals surface area contributed by atoms with Gasteiger partial charge in [-0.25, -0.2) is 4.79 Å².